The number of carbonyl (C=O) groups is 2. The molecule has 0 spiro atoms. The van der Waals surface area contributed by atoms with E-state index in [9.17, 15) is 31.2 Å². The van der Waals surface area contributed by atoms with Gasteiger partial charge >= 0.3 is 16.4 Å². The minimum absolute atomic E-state index is 0.0632. The summed E-state index contributed by atoms with van der Waals surface area (Å²) in [5, 5.41) is 5.27. The van der Waals surface area contributed by atoms with Crippen molar-refractivity contribution in [1.82, 2.24) is 19.3 Å². The average molecular weight is 489 g/mol. The molecule has 10 nitrogen and oxygen atoms in total. The number of aromatic nitrogens is 1. The maximum absolute atomic E-state index is 12.9. The molecule has 1 aliphatic heterocycles. The molecular formula is C19H22F3N5O5S. The molecule has 3 rings (SSSR count). The van der Waals surface area contributed by atoms with Crippen molar-refractivity contribution in [3.8, 4) is 0 Å². The molecule has 0 aliphatic carbocycles. The van der Waals surface area contributed by atoms with Crippen molar-refractivity contribution < 1.29 is 35.6 Å². The van der Waals surface area contributed by atoms with Crippen molar-refractivity contribution in [3.05, 3.63) is 41.3 Å². The number of hydrogen-bond donors (Lipinski definition) is 3. The Balaban J connectivity index is 1.64. The highest BCUT2D eigenvalue weighted by molar-refractivity contribution is 7.87. The molecule has 180 valence electrons. The highest BCUT2D eigenvalue weighted by Crippen LogP contribution is 2.33. The molecule has 0 radical (unpaired) electrons. The van der Waals surface area contributed by atoms with Crippen LogP contribution < -0.4 is 15.4 Å². The Hall–Kier alpha value is -3.13. The Morgan fingerprint density at radius 1 is 1.21 bits per heavy atom. The van der Waals surface area contributed by atoms with Gasteiger partial charge in [0.05, 0.1) is 5.56 Å². The molecule has 2 amide bonds. The summed E-state index contributed by atoms with van der Waals surface area (Å²) in [6.07, 6.45) is -2.87. The summed E-state index contributed by atoms with van der Waals surface area (Å²) in [5.41, 5.74) is -0.724. The fourth-order valence-corrected chi connectivity index (χ4v) is 4.41. The number of nitrogens with zero attached hydrogens (tertiary/aromatic N) is 2. The normalized spacial score (nSPS) is 15.8. The number of alkyl halides is 3. The van der Waals surface area contributed by atoms with Gasteiger partial charge < -0.3 is 15.1 Å². The predicted molar refractivity (Wildman–Crippen MR) is 111 cm³/mol. The molecule has 1 aromatic heterocycles. The van der Waals surface area contributed by atoms with Gasteiger partial charge in [-0.1, -0.05) is 6.07 Å². The SMILES string of the molecule is CC(=O)NC1CCN(S(=O)(=O)NC(=O)c2coc(Nc3cc(C(F)(F)F)ccc3C)n2)CC1. The largest absolute Gasteiger partial charge is 0.431 e. The lowest BCUT2D eigenvalue weighted by Gasteiger charge is -2.31. The van der Waals surface area contributed by atoms with Crippen molar-refractivity contribution in [2.75, 3.05) is 18.4 Å². The quantitative estimate of drug-likeness (QED) is 0.567. The van der Waals surface area contributed by atoms with Crippen LogP contribution in [0.2, 0.25) is 0 Å². The zero-order valence-corrected chi connectivity index (χ0v) is 18.5. The molecule has 1 saturated heterocycles. The highest BCUT2D eigenvalue weighted by atomic mass is 32.2. The van der Waals surface area contributed by atoms with Crippen LogP contribution in [-0.4, -0.2) is 48.7 Å². The minimum atomic E-state index is -4.54. The lowest BCUT2D eigenvalue weighted by Crippen LogP contribution is -2.50. The third-order valence-electron chi connectivity index (χ3n) is 4.97. The summed E-state index contributed by atoms with van der Waals surface area (Å²) in [5.74, 6) is -1.27. The zero-order chi connectivity index (χ0) is 24.4. The molecule has 0 unspecified atom stereocenters. The Morgan fingerprint density at radius 3 is 2.48 bits per heavy atom. The van der Waals surface area contributed by atoms with Gasteiger partial charge in [0, 0.05) is 31.7 Å². The van der Waals surface area contributed by atoms with E-state index in [-0.39, 0.29) is 42.4 Å². The number of hydrogen-bond acceptors (Lipinski definition) is 7. The number of amides is 2. The topological polar surface area (TPSA) is 134 Å². The molecule has 1 aromatic carbocycles. The van der Waals surface area contributed by atoms with Crippen molar-refractivity contribution in [1.29, 1.82) is 0 Å². The van der Waals surface area contributed by atoms with Gasteiger partial charge in [-0.25, -0.2) is 4.72 Å². The van der Waals surface area contributed by atoms with Crippen LogP contribution in [0, 0.1) is 6.92 Å². The van der Waals surface area contributed by atoms with Crippen molar-refractivity contribution >= 4 is 33.7 Å². The molecule has 14 heteroatoms. The van der Waals surface area contributed by atoms with E-state index in [1.54, 1.807) is 6.92 Å². The first-order valence-corrected chi connectivity index (χ1v) is 11.3. The fourth-order valence-electron chi connectivity index (χ4n) is 3.25. The van der Waals surface area contributed by atoms with Crippen molar-refractivity contribution in [2.45, 2.75) is 38.9 Å². The van der Waals surface area contributed by atoms with Gasteiger partial charge in [0.1, 0.15) is 6.26 Å². The molecule has 3 N–H and O–H groups in total. The van der Waals surface area contributed by atoms with Crippen LogP contribution in [0.15, 0.2) is 28.9 Å². The van der Waals surface area contributed by atoms with Gasteiger partial charge in [0.2, 0.25) is 5.91 Å². The van der Waals surface area contributed by atoms with Gasteiger partial charge in [-0.05, 0) is 37.5 Å². The molecule has 2 aromatic rings. The smallest absolute Gasteiger partial charge is 0.416 e. The average Bonchev–Trinajstić information content (AvgIpc) is 3.17. The summed E-state index contributed by atoms with van der Waals surface area (Å²) >= 11 is 0. The number of piperidine rings is 1. The minimum Gasteiger partial charge on any atom is -0.431 e. The van der Waals surface area contributed by atoms with E-state index in [1.807, 2.05) is 4.72 Å². The molecule has 2 heterocycles. The fraction of sp³-hybridized carbons (Fsp3) is 0.421. The van der Waals surface area contributed by atoms with Gasteiger partial charge in [-0.3, -0.25) is 9.59 Å². The number of carbonyl (C=O) groups excluding carboxylic acids is 2. The third kappa shape index (κ3) is 6.22. The molecule has 1 fully saturated rings. The van der Waals surface area contributed by atoms with Crippen molar-refractivity contribution in [2.24, 2.45) is 0 Å². The van der Waals surface area contributed by atoms with Crippen LogP contribution in [0.4, 0.5) is 24.9 Å². The van der Waals surface area contributed by atoms with E-state index >= 15 is 0 Å². The van der Waals surface area contributed by atoms with E-state index in [0.717, 1.165) is 22.7 Å². The van der Waals surface area contributed by atoms with Crippen LogP contribution in [0.25, 0.3) is 0 Å². The van der Waals surface area contributed by atoms with Crippen LogP contribution >= 0.6 is 0 Å². The first-order chi connectivity index (χ1) is 15.3. The Morgan fingerprint density at radius 2 is 1.88 bits per heavy atom. The molecule has 1 aliphatic rings. The zero-order valence-electron chi connectivity index (χ0n) is 17.7. The van der Waals surface area contributed by atoms with Gasteiger partial charge in [0.15, 0.2) is 5.69 Å². The summed E-state index contributed by atoms with van der Waals surface area (Å²) < 4.78 is 71.8. The predicted octanol–water partition coefficient (Wildman–Crippen LogP) is 2.32. The summed E-state index contributed by atoms with van der Waals surface area (Å²) in [4.78, 5) is 27.3. The number of benzene rings is 1. The number of nitrogens with one attached hydrogen (secondary N) is 3. The lowest BCUT2D eigenvalue weighted by molar-refractivity contribution is -0.137. The molecule has 33 heavy (non-hydrogen) atoms. The second kappa shape index (κ2) is 9.39. The lowest BCUT2D eigenvalue weighted by atomic mass is 10.1. The van der Waals surface area contributed by atoms with Gasteiger partial charge in [0.25, 0.3) is 11.9 Å². The highest BCUT2D eigenvalue weighted by Gasteiger charge is 2.32. The second-order valence-electron chi connectivity index (χ2n) is 7.50. The summed E-state index contributed by atoms with van der Waals surface area (Å²) in [7, 11) is -4.17. The number of anilines is 2. The van der Waals surface area contributed by atoms with E-state index in [4.69, 9.17) is 4.42 Å². The molecule has 0 bridgehead atoms. The maximum Gasteiger partial charge on any atom is 0.416 e. The first kappa shape index (κ1) is 24.5. The van der Waals surface area contributed by atoms with Gasteiger partial charge in [-0.15, -0.1) is 0 Å². The van der Waals surface area contributed by atoms with Crippen LogP contribution in [-0.2, 0) is 21.2 Å². The van der Waals surface area contributed by atoms with Crippen LogP contribution in [0.1, 0.15) is 41.4 Å². The number of rotatable bonds is 6. The molecule has 0 saturated carbocycles. The summed E-state index contributed by atoms with van der Waals surface area (Å²) in [6.45, 7) is 3.15. The standard InChI is InChI=1S/C19H22F3N5O5S/c1-11-3-4-13(19(20,21)22)9-15(11)24-18-25-16(10-32-18)17(29)26-33(30,31)27-7-5-14(6-8-27)23-12(2)28/h3-4,9-10,14H,5-8H2,1-2H3,(H,23,28)(H,24,25)(H,26,29). The van der Waals surface area contributed by atoms with E-state index in [2.05, 4.69) is 15.6 Å². The van der Waals surface area contributed by atoms with Gasteiger partial charge in [-0.2, -0.15) is 30.9 Å². The monoisotopic (exact) mass is 489 g/mol. The second-order valence-corrected chi connectivity index (χ2v) is 9.17. The van der Waals surface area contributed by atoms with E-state index in [0.29, 0.717) is 18.4 Å². The Labute approximate surface area is 187 Å². The molecule has 0 atom stereocenters. The van der Waals surface area contributed by atoms with E-state index in [1.165, 1.54) is 13.0 Å². The van der Waals surface area contributed by atoms with Crippen molar-refractivity contribution in [3.63, 3.8) is 0 Å². The number of aryl methyl sites for hydroxylation is 1. The van der Waals surface area contributed by atoms with E-state index < -0.39 is 27.9 Å². The van der Waals surface area contributed by atoms with Crippen LogP contribution in [0.5, 0.6) is 0 Å². The molecular weight excluding hydrogens is 467 g/mol. The Kier molecular flexibility index (Phi) is 6.97. The number of oxazole rings is 1. The van der Waals surface area contributed by atoms with Crippen LogP contribution in [0.3, 0.4) is 0 Å². The maximum atomic E-state index is 12.9. The summed E-state index contributed by atoms with van der Waals surface area (Å²) in [6, 6.07) is 2.64. The first-order valence-electron chi connectivity index (χ1n) is 9.85. The number of halogens is 3. The Bertz CT molecular complexity index is 1140. The third-order valence-corrected chi connectivity index (χ3v) is 6.45.